The number of hydrogen-bond donors (Lipinski definition) is 2. The third kappa shape index (κ3) is 7.31. The molecule has 0 radical (unpaired) electrons. The van der Waals surface area contributed by atoms with Crippen LogP contribution in [0.5, 0.6) is 11.6 Å². The minimum atomic E-state index is -0.743. The number of carboxylic acids is 1. The minimum absolute atomic E-state index is 0.205. The van der Waals surface area contributed by atoms with E-state index in [2.05, 4.69) is 28.0 Å². The molecule has 8 rings (SSSR count). The second-order valence-electron chi connectivity index (χ2n) is 14.9. The molecule has 6 aromatic rings. The molecule has 0 atom stereocenters. The zero-order valence-corrected chi connectivity index (χ0v) is 31.9. The van der Waals surface area contributed by atoms with Gasteiger partial charge in [0.2, 0.25) is 11.8 Å². The second kappa shape index (κ2) is 15.7. The average Bonchev–Trinajstić information content (AvgIpc) is 3.84. The quantitative estimate of drug-likeness (QED) is 0.144. The summed E-state index contributed by atoms with van der Waals surface area (Å²) in [6.07, 6.45) is 4.96. The van der Waals surface area contributed by atoms with Gasteiger partial charge in [0.1, 0.15) is 17.3 Å². The highest BCUT2D eigenvalue weighted by Crippen LogP contribution is 2.38. The third-order valence-electron chi connectivity index (χ3n) is 11.3. The predicted molar refractivity (Wildman–Crippen MR) is 211 cm³/mol. The topological polar surface area (TPSA) is 163 Å². The maximum Gasteiger partial charge on any atom is 0.303 e. The standard InChI is InChI=1S/C43H45N7O6/c1-26-31(6-4-7-32(26)43-46-36-19-28(18-29(22-44)41(36)56-43)24-48-14-10-27(11-15-48)20-40(52)53)33-8-5-9-37-34(33)23-45-50(37)39-21-38(54-2)35(42(47-39)55-3)25-49-16-12-30(51)13-17-49/h4-9,18-19,21,23,27,30,51H,10-17,20,24-25H2,1-3H3,(H,52,53). The molecule has 13 nitrogen and oxygen atoms in total. The van der Waals surface area contributed by atoms with E-state index >= 15 is 0 Å². The van der Waals surface area contributed by atoms with Gasteiger partial charge in [-0.25, -0.2) is 9.67 Å². The van der Waals surface area contributed by atoms with Gasteiger partial charge in [-0.2, -0.15) is 15.3 Å². The Balaban J connectivity index is 1.09. The van der Waals surface area contributed by atoms with Crippen molar-refractivity contribution in [2.24, 2.45) is 5.92 Å². The number of likely N-dealkylation sites (tertiary alicyclic amines) is 2. The lowest BCUT2D eigenvalue weighted by Gasteiger charge is -2.31. The number of fused-ring (bicyclic) bond motifs is 2. The van der Waals surface area contributed by atoms with Crippen LogP contribution >= 0.6 is 0 Å². The molecule has 0 saturated carbocycles. The van der Waals surface area contributed by atoms with Crippen LogP contribution in [0.3, 0.4) is 0 Å². The molecule has 3 aromatic heterocycles. The number of pyridine rings is 1. The highest BCUT2D eigenvalue weighted by Gasteiger charge is 2.25. The summed E-state index contributed by atoms with van der Waals surface area (Å²) >= 11 is 0. The van der Waals surface area contributed by atoms with Crippen LogP contribution in [0.25, 0.3) is 50.4 Å². The minimum Gasteiger partial charge on any atom is -0.496 e. The van der Waals surface area contributed by atoms with Crippen LogP contribution in [0.2, 0.25) is 0 Å². The monoisotopic (exact) mass is 755 g/mol. The SMILES string of the molecule is COc1cc(-n2ncc3c(-c4cccc(-c5nc6cc(CN7CCC(CC(=O)O)CC7)cc(C#N)c6o5)c4C)cccc32)nc(OC)c1CN1CCC(O)CC1. The molecule has 13 heteroatoms. The van der Waals surface area contributed by atoms with Crippen LogP contribution in [0.4, 0.5) is 0 Å². The number of benzene rings is 3. The van der Waals surface area contributed by atoms with E-state index in [9.17, 15) is 20.3 Å². The van der Waals surface area contributed by atoms with Crippen molar-refractivity contribution in [2.45, 2.75) is 58.2 Å². The molecule has 2 aliphatic heterocycles. The molecule has 5 heterocycles. The smallest absolute Gasteiger partial charge is 0.303 e. The number of nitriles is 1. The molecule has 2 N–H and O–H groups in total. The van der Waals surface area contributed by atoms with Gasteiger partial charge in [-0.1, -0.05) is 24.3 Å². The first-order chi connectivity index (χ1) is 27.2. The van der Waals surface area contributed by atoms with Gasteiger partial charge in [-0.15, -0.1) is 0 Å². The van der Waals surface area contributed by atoms with Gasteiger partial charge in [0.15, 0.2) is 11.4 Å². The zero-order chi connectivity index (χ0) is 38.9. The molecule has 2 saturated heterocycles. The number of hydrogen-bond acceptors (Lipinski definition) is 11. The summed E-state index contributed by atoms with van der Waals surface area (Å²) in [6.45, 7) is 6.51. The van der Waals surface area contributed by atoms with E-state index in [1.807, 2.05) is 55.6 Å². The molecule has 288 valence electrons. The van der Waals surface area contributed by atoms with Crippen LogP contribution in [0, 0.1) is 24.2 Å². The van der Waals surface area contributed by atoms with Gasteiger partial charge in [0, 0.05) is 49.6 Å². The van der Waals surface area contributed by atoms with Gasteiger partial charge in [0.05, 0.1) is 43.2 Å². The molecule has 56 heavy (non-hydrogen) atoms. The number of ether oxygens (including phenoxy) is 2. The molecule has 3 aromatic carbocycles. The van der Waals surface area contributed by atoms with Crippen molar-refractivity contribution in [3.63, 3.8) is 0 Å². The Kier molecular flexibility index (Phi) is 10.4. The van der Waals surface area contributed by atoms with E-state index in [4.69, 9.17) is 29.0 Å². The van der Waals surface area contributed by atoms with Gasteiger partial charge >= 0.3 is 5.97 Å². The summed E-state index contributed by atoms with van der Waals surface area (Å²) in [5.74, 6) is 1.59. The summed E-state index contributed by atoms with van der Waals surface area (Å²) in [6, 6.07) is 20.2. The Morgan fingerprint density at radius 2 is 1.64 bits per heavy atom. The van der Waals surface area contributed by atoms with Crippen LogP contribution in [0.15, 0.2) is 65.2 Å². The van der Waals surface area contributed by atoms with Crippen molar-refractivity contribution in [2.75, 3.05) is 40.4 Å². The fourth-order valence-corrected chi connectivity index (χ4v) is 8.28. The lowest BCUT2D eigenvalue weighted by Crippen LogP contribution is -2.35. The van der Waals surface area contributed by atoms with E-state index in [0.29, 0.717) is 53.1 Å². The summed E-state index contributed by atoms with van der Waals surface area (Å²) in [7, 11) is 3.25. The number of rotatable bonds is 11. The number of aromatic nitrogens is 4. The lowest BCUT2D eigenvalue weighted by molar-refractivity contribution is -0.138. The largest absolute Gasteiger partial charge is 0.496 e. The Hall–Kier alpha value is -5.81. The maximum absolute atomic E-state index is 11.2. The second-order valence-corrected chi connectivity index (χ2v) is 14.9. The van der Waals surface area contributed by atoms with E-state index in [0.717, 1.165) is 96.1 Å². The van der Waals surface area contributed by atoms with Gasteiger partial charge in [0.25, 0.3) is 0 Å². The summed E-state index contributed by atoms with van der Waals surface area (Å²) in [5.41, 5.74) is 7.98. The number of nitrogens with zero attached hydrogens (tertiary/aromatic N) is 7. The Bertz CT molecular complexity index is 2430. The first-order valence-electron chi connectivity index (χ1n) is 19.1. The van der Waals surface area contributed by atoms with Crippen molar-refractivity contribution in [3.8, 4) is 46.1 Å². The molecule has 0 amide bonds. The van der Waals surface area contributed by atoms with Crippen molar-refractivity contribution < 1.29 is 28.9 Å². The van der Waals surface area contributed by atoms with Gasteiger partial charge < -0.3 is 24.1 Å². The number of carboxylic acid groups (broad SMARTS) is 1. The number of aliphatic carboxylic acids is 1. The summed E-state index contributed by atoms with van der Waals surface area (Å²) in [5, 5.41) is 35.0. The summed E-state index contributed by atoms with van der Waals surface area (Å²) in [4.78, 5) is 25.6. The molecule has 2 aliphatic rings. The molecule has 0 aliphatic carbocycles. The molecular weight excluding hydrogens is 711 g/mol. The fourth-order valence-electron chi connectivity index (χ4n) is 8.28. The highest BCUT2D eigenvalue weighted by atomic mass is 16.5. The number of methoxy groups -OCH3 is 2. The highest BCUT2D eigenvalue weighted by molar-refractivity contribution is 5.97. The fraction of sp³-hybridized carbons (Fsp3) is 0.372. The Morgan fingerprint density at radius 1 is 0.929 bits per heavy atom. The maximum atomic E-state index is 11.2. The molecule has 0 bridgehead atoms. The molecular formula is C43H45N7O6. The van der Waals surface area contributed by atoms with Crippen LogP contribution in [-0.2, 0) is 17.9 Å². The van der Waals surface area contributed by atoms with Crippen molar-refractivity contribution in [1.82, 2.24) is 29.5 Å². The normalized spacial score (nSPS) is 16.1. The Morgan fingerprint density at radius 3 is 2.38 bits per heavy atom. The van der Waals surface area contributed by atoms with Crippen molar-refractivity contribution >= 4 is 28.0 Å². The van der Waals surface area contributed by atoms with E-state index in [1.54, 1.807) is 18.9 Å². The van der Waals surface area contributed by atoms with Crippen LogP contribution in [-0.4, -0.2) is 92.2 Å². The number of aliphatic hydroxyl groups excluding tert-OH is 1. The molecule has 0 unspecified atom stereocenters. The van der Waals surface area contributed by atoms with E-state index in [1.165, 1.54) is 0 Å². The van der Waals surface area contributed by atoms with Crippen molar-refractivity contribution in [1.29, 1.82) is 5.26 Å². The predicted octanol–water partition coefficient (Wildman–Crippen LogP) is 6.74. The first-order valence-corrected chi connectivity index (χ1v) is 19.1. The van der Waals surface area contributed by atoms with Crippen molar-refractivity contribution in [3.05, 3.63) is 83.0 Å². The van der Waals surface area contributed by atoms with Crippen LogP contribution in [0.1, 0.15) is 54.4 Å². The van der Waals surface area contributed by atoms with Crippen LogP contribution < -0.4 is 9.47 Å². The zero-order valence-electron chi connectivity index (χ0n) is 31.9. The lowest BCUT2D eigenvalue weighted by atomic mass is 9.93. The van der Waals surface area contributed by atoms with Gasteiger partial charge in [-0.3, -0.25) is 14.6 Å². The Labute approximate surface area is 324 Å². The number of carbonyl (C=O) groups is 1. The summed E-state index contributed by atoms with van der Waals surface area (Å²) < 4.78 is 19.8. The number of oxazole rings is 1. The average molecular weight is 756 g/mol. The third-order valence-corrected chi connectivity index (χ3v) is 11.3. The van der Waals surface area contributed by atoms with Gasteiger partial charge in [-0.05, 0) is 98.1 Å². The number of aliphatic hydroxyl groups is 1. The molecule has 2 fully saturated rings. The van der Waals surface area contributed by atoms with E-state index in [-0.39, 0.29) is 18.4 Å². The van der Waals surface area contributed by atoms with E-state index < -0.39 is 5.97 Å². The number of piperidine rings is 2. The first kappa shape index (κ1) is 37.1. The molecule has 0 spiro atoms.